The number of methoxy groups -OCH3 is 3. The molecule has 0 bridgehead atoms. The number of ether oxygens (including phenoxy) is 3. The summed E-state index contributed by atoms with van der Waals surface area (Å²) in [6, 6.07) is 12.1. The zero-order chi connectivity index (χ0) is 16.1. The Morgan fingerprint density at radius 2 is 1.50 bits per heavy atom. The van der Waals surface area contributed by atoms with Crippen molar-refractivity contribution < 1.29 is 19.0 Å². The van der Waals surface area contributed by atoms with Crippen LogP contribution < -0.4 is 25.1 Å². The summed E-state index contributed by atoms with van der Waals surface area (Å²) in [6.45, 7) is 0. The van der Waals surface area contributed by atoms with Crippen LogP contribution in [0.1, 0.15) is 10.4 Å². The number of hydrazine groups is 1. The Morgan fingerprint density at radius 3 is 1.95 bits per heavy atom. The van der Waals surface area contributed by atoms with E-state index in [0.717, 1.165) is 5.01 Å². The highest BCUT2D eigenvalue weighted by Gasteiger charge is 2.20. The normalized spacial score (nSPS) is 10.0. The van der Waals surface area contributed by atoms with E-state index in [4.69, 9.17) is 20.1 Å². The Kier molecular flexibility index (Phi) is 4.85. The van der Waals surface area contributed by atoms with E-state index in [1.165, 1.54) is 21.3 Å². The van der Waals surface area contributed by atoms with E-state index in [2.05, 4.69) is 0 Å². The molecule has 6 nitrogen and oxygen atoms in total. The number of carbonyl (C=O) groups is 1. The van der Waals surface area contributed by atoms with E-state index in [0.29, 0.717) is 28.5 Å². The molecule has 0 aliphatic carbocycles. The second-order valence-corrected chi connectivity index (χ2v) is 4.42. The second kappa shape index (κ2) is 6.82. The molecule has 116 valence electrons. The third-order valence-electron chi connectivity index (χ3n) is 3.16. The Hall–Kier alpha value is -2.73. The number of carbonyl (C=O) groups excluding carboxylic acids is 1. The molecule has 0 saturated heterocycles. The molecule has 0 aliphatic heterocycles. The van der Waals surface area contributed by atoms with Crippen LogP contribution in [0.3, 0.4) is 0 Å². The van der Waals surface area contributed by atoms with Gasteiger partial charge in [-0.25, -0.2) is 10.9 Å². The molecule has 0 aliphatic rings. The van der Waals surface area contributed by atoms with E-state index in [-0.39, 0.29) is 5.91 Å². The van der Waals surface area contributed by atoms with Gasteiger partial charge < -0.3 is 14.2 Å². The van der Waals surface area contributed by atoms with Gasteiger partial charge in [0, 0.05) is 5.56 Å². The standard InChI is InChI=1S/C16H18N2O4/c1-20-13-9-11(10-14(21-2)15(13)22-3)16(19)18(17)12-7-5-4-6-8-12/h4-10H,17H2,1-3H3. The van der Waals surface area contributed by atoms with Crippen LogP contribution in [0.2, 0.25) is 0 Å². The molecular weight excluding hydrogens is 284 g/mol. The van der Waals surface area contributed by atoms with E-state index < -0.39 is 0 Å². The lowest BCUT2D eigenvalue weighted by molar-refractivity contribution is 0.0986. The van der Waals surface area contributed by atoms with Gasteiger partial charge in [-0.15, -0.1) is 0 Å². The lowest BCUT2D eigenvalue weighted by Crippen LogP contribution is -2.37. The van der Waals surface area contributed by atoms with E-state index in [1.54, 1.807) is 36.4 Å². The van der Waals surface area contributed by atoms with Gasteiger partial charge in [0.05, 0.1) is 27.0 Å². The zero-order valence-corrected chi connectivity index (χ0v) is 12.7. The van der Waals surface area contributed by atoms with Crippen LogP contribution in [0.5, 0.6) is 17.2 Å². The van der Waals surface area contributed by atoms with Gasteiger partial charge in [0.2, 0.25) is 5.75 Å². The molecule has 0 fully saturated rings. The molecule has 0 aromatic heterocycles. The van der Waals surface area contributed by atoms with Gasteiger partial charge in [0.1, 0.15) is 0 Å². The predicted octanol–water partition coefficient (Wildman–Crippen LogP) is 2.23. The summed E-state index contributed by atoms with van der Waals surface area (Å²) in [4.78, 5) is 12.5. The number of nitrogens with two attached hydrogens (primary N) is 1. The van der Waals surface area contributed by atoms with Crippen molar-refractivity contribution in [3.8, 4) is 17.2 Å². The highest BCUT2D eigenvalue weighted by Crippen LogP contribution is 2.38. The van der Waals surface area contributed by atoms with E-state index in [1.807, 2.05) is 6.07 Å². The van der Waals surface area contributed by atoms with E-state index >= 15 is 0 Å². The van der Waals surface area contributed by atoms with Crippen LogP contribution >= 0.6 is 0 Å². The molecule has 0 saturated carbocycles. The average molecular weight is 302 g/mol. The smallest absolute Gasteiger partial charge is 0.272 e. The third-order valence-corrected chi connectivity index (χ3v) is 3.16. The van der Waals surface area contributed by atoms with Gasteiger partial charge in [-0.1, -0.05) is 18.2 Å². The SMILES string of the molecule is COc1cc(C(=O)N(N)c2ccccc2)cc(OC)c1OC. The number of benzene rings is 2. The average Bonchev–Trinajstić information content (AvgIpc) is 2.59. The first kappa shape index (κ1) is 15.7. The Bertz CT molecular complexity index is 633. The summed E-state index contributed by atoms with van der Waals surface area (Å²) < 4.78 is 15.7. The van der Waals surface area contributed by atoms with Crippen molar-refractivity contribution in [3.63, 3.8) is 0 Å². The fraction of sp³-hybridized carbons (Fsp3) is 0.188. The highest BCUT2D eigenvalue weighted by atomic mass is 16.5. The molecular formula is C16H18N2O4. The number of amides is 1. The molecule has 1 amide bonds. The van der Waals surface area contributed by atoms with Crippen molar-refractivity contribution in [1.82, 2.24) is 0 Å². The fourth-order valence-electron chi connectivity index (χ4n) is 2.05. The minimum absolute atomic E-state index is 0.334. The van der Waals surface area contributed by atoms with Crippen LogP contribution in [0.25, 0.3) is 0 Å². The van der Waals surface area contributed by atoms with Crippen molar-refractivity contribution in [2.24, 2.45) is 5.84 Å². The third kappa shape index (κ3) is 2.96. The minimum Gasteiger partial charge on any atom is -0.493 e. The molecule has 6 heteroatoms. The van der Waals surface area contributed by atoms with Crippen LogP contribution in [-0.2, 0) is 0 Å². The Balaban J connectivity index is 2.41. The second-order valence-electron chi connectivity index (χ2n) is 4.42. The monoisotopic (exact) mass is 302 g/mol. The highest BCUT2D eigenvalue weighted by molar-refractivity contribution is 6.06. The van der Waals surface area contributed by atoms with Crippen molar-refractivity contribution in [2.75, 3.05) is 26.3 Å². The summed E-state index contributed by atoms with van der Waals surface area (Å²) in [5.41, 5.74) is 0.919. The molecule has 2 aromatic rings. The first-order valence-electron chi connectivity index (χ1n) is 6.56. The van der Waals surface area contributed by atoms with Gasteiger partial charge in [0.25, 0.3) is 5.91 Å². The lowest BCUT2D eigenvalue weighted by Gasteiger charge is -2.18. The van der Waals surface area contributed by atoms with Crippen molar-refractivity contribution in [2.45, 2.75) is 0 Å². The van der Waals surface area contributed by atoms with Gasteiger partial charge in [-0.3, -0.25) is 4.79 Å². The molecule has 0 atom stereocenters. The molecule has 0 heterocycles. The molecule has 2 rings (SSSR count). The van der Waals surface area contributed by atoms with Crippen LogP contribution in [-0.4, -0.2) is 27.2 Å². The summed E-state index contributed by atoms with van der Waals surface area (Å²) in [6.07, 6.45) is 0. The quantitative estimate of drug-likeness (QED) is 0.521. The van der Waals surface area contributed by atoms with E-state index in [9.17, 15) is 4.79 Å². The zero-order valence-electron chi connectivity index (χ0n) is 12.7. The maximum absolute atomic E-state index is 12.5. The van der Waals surface area contributed by atoms with Crippen LogP contribution in [0.4, 0.5) is 5.69 Å². The number of hydrogen-bond acceptors (Lipinski definition) is 5. The van der Waals surface area contributed by atoms with Gasteiger partial charge in [-0.2, -0.15) is 0 Å². The summed E-state index contributed by atoms with van der Waals surface area (Å²) >= 11 is 0. The van der Waals surface area contributed by atoms with Gasteiger partial charge in [0.15, 0.2) is 11.5 Å². The summed E-state index contributed by atoms with van der Waals surface area (Å²) in [5.74, 6) is 6.72. The minimum atomic E-state index is -0.384. The molecule has 2 N–H and O–H groups in total. The number of nitrogens with zero attached hydrogens (tertiary/aromatic N) is 1. The number of hydrogen-bond donors (Lipinski definition) is 1. The number of para-hydroxylation sites is 1. The first-order chi connectivity index (χ1) is 10.6. The van der Waals surface area contributed by atoms with Crippen molar-refractivity contribution >= 4 is 11.6 Å². The van der Waals surface area contributed by atoms with Crippen molar-refractivity contribution in [1.29, 1.82) is 0 Å². The largest absolute Gasteiger partial charge is 0.493 e. The summed E-state index contributed by atoms with van der Waals surface area (Å²) in [5, 5.41) is 1.07. The molecule has 0 spiro atoms. The maximum Gasteiger partial charge on any atom is 0.272 e. The van der Waals surface area contributed by atoms with Gasteiger partial charge in [-0.05, 0) is 24.3 Å². The molecule has 0 radical (unpaired) electrons. The molecule has 2 aromatic carbocycles. The number of anilines is 1. The van der Waals surface area contributed by atoms with Crippen LogP contribution in [0.15, 0.2) is 42.5 Å². The lowest BCUT2D eigenvalue weighted by atomic mass is 10.1. The van der Waals surface area contributed by atoms with Crippen LogP contribution in [0, 0.1) is 0 Å². The predicted molar refractivity (Wildman–Crippen MR) is 83.5 cm³/mol. The van der Waals surface area contributed by atoms with Gasteiger partial charge >= 0.3 is 0 Å². The Labute approximate surface area is 129 Å². The number of rotatable bonds is 5. The topological polar surface area (TPSA) is 74.0 Å². The van der Waals surface area contributed by atoms with Crippen molar-refractivity contribution in [3.05, 3.63) is 48.0 Å². The Morgan fingerprint density at radius 1 is 0.955 bits per heavy atom. The molecule has 22 heavy (non-hydrogen) atoms. The summed E-state index contributed by atoms with van der Waals surface area (Å²) in [7, 11) is 4.48. The maximum atomic E-state index is 12.5. The fourth-order valence-corrected chi connectivity index (χ4v) is 2.05. The first-order valence-corrected chi connectivity index (χ1v) is 6.56. The molecule has 0 unspecified atom stereocenters.